The molecule has 0 aromatic heterocycles. The molecule has 0 radical (unpaired) electrons. The van der Waals surface area contributed by atoms with Crippen molar-refractivity contribution in [1.29, 1.82) is 0 Å². The Labute approximate surface area is 170 Å². The number of alkyl halides is 3. The maximum Gasteiger partial charge on any atom is 0.417 e. The summed E-state index contributed by atoms with van der Waals surface area (Å²) in [6.45, 7) is 4.74. The number of carbonyl (C=O) groups excluding carboxylic acids is 2. The predicted octanol–water partition coefficient (Wildman–Crippen LogP) is 5.60. The Hall–Kier alpha value is -2.25. The van der Waals surface area contributed by atoms with Gasteiger partial charge < -0.3 is 0 Å². The standard InChI is InChI=1S/C19H17Cl2F3N2O2/c1-18(2,3)26(25-16(27)11-8-9-14(20)15(21)10-11)17(28)12-6-4-5-7-13(12)19(22,23)24/h4-10H,1-3H3,(H,25,27). The minimum absolute atomic E-state index is 0.0977. The van der Waals surface area contributed by atoms with Crippen LogP contribution >= 0.6 is 23.2 Å². The molecule has 0 bridgehead atoms. The van der Waals surface area contributed by atoms with Crippen molar-refractivity contribution in [2.24, 2.45) is 0 Å². The second-order valence-electron chi connectivity index (χ2n) is 6.92. The molecule has 4 nitrogen and oxygen atoms in total. The van der Waals surface area contributed by atoms with Crippen molar-refractivity contribution in [3.8, 4) is 0 Å². The number of rotatable bonds is 2. The van der Waals surface area contributed by atoms with Crippen LogP contribution in [0.1, 0.15) is 47.1 Å². The van der Waals surface area contributed by atoms with E-state index in [9.17, 15) is 22.8 Å². The molecule has 2 amide bonds. The smallest absolute Gasteiger partial charge is 0.267 e. The monoisotopic (exact) mass is 432 g/mol. The fraction of sp³-hybridized carbons (Fsp3) is 0.263. The van der Waals surface area contributed by atoms with Crippen molar-refractivity contribution in [2.75, 3.05) is 0 Å². The summed E-state index contributed by atoms with van der Waals surface area (Å²) in [6.07, 6.45) is -4.72. The molecule has 2 rings (SSSR count). The first-order valence-electron chi connectivity index (χ1n) is 8.09. The number of halogens is 5. The van der Waals surface area contributed by atoms with Gasteiger partial charge in [0.1, 0.15) is 0 Å². The highest BCUT2D eigenvalue weighted by atomic mass is 35.5. The summed E-state index contributed by atoms with van der Waals surface area (Å²) in [6, 6.07) is 8.48. The van der Waals surface area contributed by atoms with Gasteiger partial charge in [-0.05, 0) is 51.1 Å². The second-order valence-corrected chi connectivity index (χ2v) is 7.74. The molecule has 0 spiro atoms. The van der Waals surface area contributed by atoms with Gasteiger partial charge in [0.25, 0.3) is 11.8 Å². The molecule has 0 unspecified atom stereocenters. The first kappa shape index (κ1) is 22.0. The van der Waals surface area contributed by atoms with E-state index in [2.05, 4.69) is 5.43 Å². The molecule has 0 saturated heterocycles. The zero-order chi connectivity index (χ0) is 21.3. The van der Waals surface area contributed by atoms with Crippen molar-refractivity contribution in [3.05, 3.63) is 69.2 Å². The normalized spacial score (nSPS) is 11.9. The first-order chi connectivity index (χ1) is 12.8. The molecule has 150 valence electrons. The van der Waals surface area contributed by atoms with E-state index in [1.807, 2.05) is 0 Å². The third kappa shape index (κ3) is 4.97. The summed E-state index contributed by atoms with van der Waals surface area (Å²) in [5.74, 6) is -1.71. The van der Waals surface area contributed by atoms with Crippen molar-refractivity contribution < 1.29 is 22.8 Å². The average Bonchev–Trinajstić information content (AvgIpc) is 2.59. The largest absolute Gasteiger partial charge is 0.417 e. The van der Waals surface area contributed by atoms with Gasteiger partial charge >= 0.3 is 6.18 Å². The Morgan fingerprint density at radius 2 is 1.57 bits per heavy atom. The summed E-state index contributed by atoms with van der Waals surface area (Å²) in [5, 5.41) is 1.23. The van der Waals surface area contributed by atoms with E-state index in [1.54, 1.807) is 20.8 Å². The van der Waals surface area contributed by atoms with Crippen LogP contribution in [0.5, 0.6) is 0 Å². The molecule has 9 heteroatoms. The van der Waals surface area contributed by atoms with Crippen LogP contribution in [0.3, 0.4) is 0 Å². The highest BCUT2D eigenvalue weighted by Crippen LogP contribution is 2.33. The fourth-order valence-corrected chi connectivity index (χ4v) is 2.66. The topological polar surface area (TPSA) is 49.4 Å². The van der Waals surface area contributed by atoms with E-state index in [0.29, 0.717) is 0 Å². The van der Waals surface area contributed by atoms with Gasteiger partial charge in [0, 0.05) is 5.56 Å². The summed E-state index contributed by atoms with van der Waals surface area (Å²) in [4.78, 5) is 25.5. The molecule has 0 aliphatic heterocycles. The number of hydrogen-bond donors (Lipinski definition) is 1. The van der Waals surface area contributed by atoms with Gasteiger partial charge in [-0.25, -0.2) is 5.01 Å². The number of nitrogens with zero attached hydrogens (tertiary/aromatic N) is 1. The lowest BCUT2D eigenvalue weighted by molar-refractivity contribution is -0.138. The van der Waals surface area contributed by atoms with Crippen LogP contribution in [0.2, 0.25) is 10.0 Å². The Morgan fingerprint density at radius 3 is 2.11 bits per heavy atom. The van der Waals surface area contributed by atoms with Crippen LogP contribution in [0, 0.1) is 0 Å². The molecule has 0 aliphatic carbocycles. The molecule has 0 saturated carbocycles. The summed E-state index contributed by atoms with van der Waals surface area (Å²) in [5.41, 5.74) is -0.197. The molecule has 2 aromatic carbocycles. The Bertz CT molecular complexity index is 909. The van der Waals surface area contributed by atoms with E-state index in [0.717, 1.165) is 17.1 Å². The lowest BCUT2D eigenvalue weighted by Gasteiger charge is -2.36. The van der Waals surface area contributed by atoms with Gasteiger partial charge in [-0.15, -0.1) is 0 Å². The van der Waals surface area contributed by atoms with Crippen molar-refractivity contribution in [3.63, 3.8) is 0 Å². The van der Waals surface area contributed by atoms with E-state index in [1.165, 1.54) is 30.3 Å². The first-order valence-corrected chi connectivity index (χ1v) is 8.85. The Balaban J connectivity index is 2.41. The predicted molar refractivity (Wildman–Crippen MR) is 101 cm³/mol. The highest BCUT2D eigenvalue weighted by Gasteiger charge is 2.38. The molecular weight excluding hydrogens is 416 g/mol. The molecular formula is C19H17Cl2F3N2O2. The van der Waals surface area contributed by atoms with Gasteiger partial charge in [-0.3, -0.25) is 15.0 Å². The summed E-state index contributed by atoms with van der Waals surface area (Å²) >= 11 is 11.7. The Morgan fingerprint density at radius 1 is 0.964 bits per heavy atom. The van der Waals surface area contributed by atoms with Crippen molar-refractivity contribution in [1.82, 2.24) is 10.4 Å². The number of carbonyl (C=O) groups is 2. The quantitative estimate of drug-likeness (QED) is 0.627. The van der Waals surface area contributed by atoms with Gasteiger partial charge in [-0.1, -0.05) is 35.3 Å². The van der Waals surface area contributed by atoms with Gasteiger partial charge in [-0.2, -0.15) is 13.2 Å². The molecule has 0 heterocycles. The zero-order valence-electron chi connectivity index (χ0n) is 15.2. The third-order valence-electron chi connectivity index (χ3n) is 3.73. The Kier molecular flexibility index (Phi) is 6.31. The van der Waals surface area contributed by atoms with E-state index >= 15 is 0 Å². The zero-order valence-corrected chi connectivity index (χ0v) is 16.7. The summed E-state index contributed by atoms with van der Waals surface area (Å²) in [7, 11) is 0. The summed E-state index contributed by atoms with van der Waals surface area (Å²) < 4.78 is 39.9. The fourth-order valence-electron chi connectivity index (χ4n) is 2.36. The highest BCUT2D eigenvalue weighted by molar-refractivity contribution is 6.42. The SMILES string of the molecule is CC(C)(C)N(NC(=O)c1ccc(Cl)c(Cl)c1)C(=O)c1ccccc1C(F)(F)F. The molecule has 1 N–H and O–H groups in total. The molecule has 0 fully saturated rings. The minimum atomic E-state index is -4.72. The third-order valence-corrected chi connectivity index (χ3v) is 4.47. The van der Waals surface area contributed by atoms with E-state index < -0.39 is 34.7 Å². The lowest BCUT2D eigenvalue weighted by Crippen LogP contribution is -2.56. The number of benzene rings is 2. The van der Waals surface area contributed by atoms with Gasteiger partial charge in [0.15, 0.2) is 0 Å². The average molecular weight is 433 g/mol. The van der Waals surface area contributed by atoms with Crippen LogP contribution in [0.4, 0.5) is 13.2 Å². The van der Waals surface area contributed by atoms with Crippen LogP contribution < -0.4 is 5.43 Å². The maximum atomic E-state index is 13.3. The lowest BCUT2D eigenvalue weighted by atomic mass is 10.0. The molecule has 0 atom stereocenters. The van der Waals surface area contributed by atoms with E-state index in [4.69, 9.17) is 23.2 Å². The van der Waals surface area contributed by atoms with Crippen LogP contribution in [0.15, 0.2) is 42.5 Å². The van der Waals surface area contributed by atoms with Crippen molar-refractivity contribution in [2.45, 2.75) is 32.5 Å². The molecule has 0 aliphatic rings. The van der Waals surface area contributed by atoms with E-state index in [-0.39, 0.29) is 15.6 Å². The number of hydrogen-bond acceptors (Lipinski definition) is 2. The van der Waals surface area contributed by atoms with Crippen LogP contribution in [-0.4, -0.2) is 22.4 Å². The molecule has 28 heavy (non-hydrogen) atoms. The number of nitrogens with one attached hydrogen (secondary N) is 1. The van der Waals surface area contributed by atoms with Crippen LogP contribution in [0.25, 0.3) is 0 Å². The van der Waals surface area contributed by atoms with Crippen LogP contribution in [-0.2, 0) is 6.18 Å². The van der Waals surface area contributed by atoms with Gasteiger partial charge in [0.05, 0.1) is 26.7 Å². The minimum Gasteiger partial charge on any atom is -0.267 e. The second kappa shape index (κ2) is 8.01. The molecule has 2 aromatic rings. The number of hydrazine groups is 1. The van der Waals surface area contributed by atoms with Crippen molar-refractivity contribution >= 4 is 35.0 Å². The number of amides is 2. The maximum absolute atomic E-state index is 13.3. The van der Waals surface area contributed by atoms with Gasteiger partial charge in [0.2, 0.25) is 0 Å².